The molecule has 0 aromatic rings. The molecule has 0 saturated carbocycles. The van der Waals surface area contributed by atoms with E-state index in [0.29, 0.717) is 0 Å². The zero-order valence-corrected chi connectivity index (χ0v) is 12.9. The van der Waals surface area contributed by atoms with Crippen molar-refractivity contribution in [3.63, 3.8) is 0 Å². The van der Waals surface area contributed by atoms with E-state index in [-0.39, 0.29) is 26.9 Å². The minimum Gasteiger partial charge on any atom is -0.346 e. The Labute approximate surface area is 88.8 Å². The predicted octanol–water partition coefficient (Wildman–Crippen LogP) is 1.63. The van der Waals surface area contributed by atoms with Gasteiger partial charge < -0.3 is 9.21 Å². The molecule has 0 aromatic carbocycles. The van der Waals surface area contributed by atoms with E-state index in [4.69, 9.17) is 0 Å². The lowest BCUT2D eigenvalue weighted by Gasteiger charge is -2.29. The maximum atomic E-state index is 3.58. The summed E-state index contributed by atoms with van der Waals surface area (Å²) < 4.78 is 2.73. The van der Waals surface area contributed by atoms with Crippen molar-refractivity contribution in [3.8, 4) is 0 Å². The summed E-state index contributed by atoms with van der Waals surface area (Å²) in [7, 11) is -0.676. The highest BCUT2D eigenvalue weighted by Gasteiger charge is 2.15. The largest absolute Gasteiger partial charge is 0.346 e. The van der Waals surface area contributed by atoms with Gasteiger partial charge in [0.2, 0.25) is 0 Å². The van der Waals surface area contributed by atoms with Crippen molar-refractivity contribution in [3.05, 3.63) is 0 Å². The normalized spacial score (nSPS) is 12.5. The first-order chi connectivity index (χ1) is 5.95. The summed E-state index contributed by atoms with van der Waals surface area (Å²) >= 11 is 0. The van der Waals surface area contributed by atoms with E-state index in [2.05, 4.69) is 48.5 Å². The van der Waals surface area contributed by atoms with Crippen molar-refractivity contribution >= 4 is 26.9 Å². The summed E-state index contributed by atoms with van der Waals surface area (Å²) in [5.74, 6) is 0. The molecule has 0 aliphatic carbocycles. The summed E-state index contributed by atoms with van der Waals surface area (Å²) in [6.07, 6.45) is 0. The third-order valence-corrected chi connectivity index (χ3v) is 8.14. The van der Waals surface area contributed by atoms with Crippen molar-refractivity contribution < 1.29 is 0 Å². The van der Waals surface area contributed by atoms with Gasteiger partial charge in [0, 0.05) is 6.54 Å². The van der Waals surface area contributed by atoms with Gasteiger partial charge in [-0.2, -0.15) is 0 Å². The van der Waals surface area contributed by atoms with Crippen LogP contribution in [0.15, 0.2) is 0 Å². The Hall–Kier alpha value is 0.571. The molecule has 0 aliphatic heterocycles. The van der Waals surface area contributed by atoms with Crippen molar-refractivity contribution in [2.24, 2.45) is 0 Å². The molecule has 0 fully saturated rings. The lowest BCUT2D eigenvalue weighted by atomic mass is 10.7. The fourth-order valence-corrected chi connectivity index (χ4v) is 6.62. The van der Waals surface area contributed by atoms with E-state index in [9.17, 15) is 0 Å². The zero-order chi connectivity index (χ0) is 10.4. The Kier molecular flexibility index (Phi) is 7.25. The molecule has 0 atom stereocenters. The molecule has 0 heterocycles. The van der Waals surface area contributed by atoms with E-state index < -0.39 is 0 Å². The second-order valence-corrected chi connectivity index (χ2v) is 11.6. The lowest BCUT2D eigenvalue weighted by Crippen LogP contribution is -2.47. The Morgan fingerprint density at radius 2 is 1.38 bits per heavy atom. The van der Waals surface area contributed by atoms with E-state index in [0.717, 1.165) is 0 Å². The molecule has 0 rings (SSSR count). The smallest absolute Gasteiger partial charge is 0.126 e. The molecule has 0 spiro atoms. The molecule has 0 bridgehead atoms. The number of hydrogen-bond donors (Lipinski definition) is 1. The van der Waals surface area contributed by atoms with Crippen LogP contribution >= 0.6 is 0 Å². The topological polar surface area (TPSA) is 15.3 Å². The van der Waals surface area contributed by atoms with Crippen LogP contribution in [0.2, 0.25) is 39.3 Å². The van der Waals surface area contributed by atoms with Crippen LogP contribution in [0.3, 0.4) is 0 Å². The van der Waals surface area contributed by atoms with E-state index in [1.54, 1.807) is 0 Å². The van der Waals surface area contributed by atoms with Crippen molar-refractivity contribution in [1.29, 1.82) is 0 Å². The second-order valence-electron chi connectivity index (χ2n) is 3.97. The summed E-state index contributed by atoms with van der Waals surface area (Å²) in [5.41, 5.74) is 0. The SMILES string of the molecule is C[Si](C)NCCN([Si](C)C)[Si](C)C. The quantitative estimate of drug-likeness (QED) is 0.699. The highest BCUT2D eigenvalue weighted by Crippen LogP contribution is 1.98. The first-order valence-corrected chi connectivity index (χ1v) is 12.3. The Morgan fingerprint density at radius 1 is 0.923 bits per heavy atom. The lowest BCUT2D eigenvalue weighted by molar-refractivity contribution is 0.633. The van der Waals surface area contributed by atoms with Gasteiger partial charge in [0.25, 0.3) is 0 Å². The predicted molar refractivity (Wildman–Crippen MR) is 67.2 cm³/mol. The van der Waals surface area contributed by atoms with Gasteiger partial charge in [-0.3, -0.25) is 0 Å². The van der Waals surface area contributed by atoms with Crippen LogP contribution in [0.4, 0.5) is 0 Å². The van der Waals surface area contributed by atoms with Crippen molar-refractivity contribution in [2.75, 3.05) is 13.1 Å². The van der Waals surface area contributed by atoms with Gasteiger partial charge in [0.05, 0.1) is 0 Å². The summed E-state index contributed by atoms with van der Waals surface area (Å²) in [6, 6.07) is 0. The van der Waals surface area contributed by atoms with Gasteiger partial charge in [-0.1, -0.05) is 39.3 Å². The number of nitrogens with zero attached hydrogens (tertiary/aromatic N) is 1. The van der Waals surface area contributed by atoms with Gasteiger partial charge >= 0.3 is 0 Å². The minimum absolute atomic E-state index is 0.220. The maximum absolute atomic E-state index is 3.58. The maximum Gasteiger partial charge on any atom is 0.126 e. The van der Waals surface area contributed by atoms with Gasteiger partial charge in [0.15, 0.2) is 0 Å². The average molecular weight is 232 g/mol. The Balaban J connectivity index is 3.70. The molecule has 0 saturated heterocycles. The first-order valence-electron chi connectivity index (χ1n) is 4.87. The minimum atomic E-state index is -0.235. The van der Waals surface area contributed by atoms with Gasteiger partial charge in [-0.25, -0.2) is 0 Å². The molecule has 5 heteroatoms. The molecule has 0 unspecified atom stereocenters. The molecule has 77 valence electrons. The van der Waals surface area contributed by atoms with Crippen LogP contribution in [-0.4, -0.2) is 44.2 Å². The van der Waals surface area contributed by atoms with Crippen molar-refractivity contribution in [1.82, 2.24) is 9.21 Å². The third kappa shape index (κ3) is 6.62. The van der Waals surface area contributed by atoms with E-state index in [1.165, 1.54) is 13.1 Å². The fourth-order valence-electron chi connectivity index (χ4n) is 1.31. The van der Waals surface area contributed by atoms with Crippen LogP contribution in [-0.2, 0) is 0 Å². The third-order valence-electron chi connectivity index (χ3n) is 1.89. The Bertz CT molecular complexity index is 121. The average Bonchev–Trinajstić information content (AvgIpc) is 1.95. The Morgan fingerprint density at radius 3 is 1.69 bits per heavy atom. The van der Waals surface area contributed by atoms with Crippen molar-refractivity contribution in [2.45, 2.75) is 39.3 Å². The molecule has 13 heavy (non-hydrogen) atoms. The van der Waals surface area contributed by atoms with Crippen LogP contribution < -0.4 is 4.98 Å². The number of nitrogens with one attached hydrogen (secondary N) is 1. The van der Waals surface area contributed by atoms with Gasteiger partial charge in [0.1, 0.15) is 26.9 Å². The molecule has 0 aliphatic rings. The first kappa shape index (κ1) is 13.6. The summed E-state index contributed by atoms with van der Waals surface area (Å²) in [6.45, 7) is 16.6. The van der Waals surface area contributed by atoms with E-state index in [1.807, 2.05) is 0 Å². The summed E-state index contributed by atoms with van der Waals surface area (Å²) in [4.78, 5) is 3.58. The highest BCUT2D eigenvalue weighted by molar-refractivity contribution is 6.69. The highest BCUT2D eigenvalue weighted by atomic mass is 28.3. The monoisotopic (exact) mass is 231 g/mol. The zero-order valence-electron chi connectivity index (χ0n) is 9.86. The molecule has 3 radical (unpaired) electrons. The van der Waals surface area contributed by atoms with E-state index >= 15 is 0 Å². The van der Waals surface area contributed by atoms with Crippen LogP contribution in [0.1, 0.15) is 0 Å². The number of rotatable bonds is 6. The summed E-state index contributed by atoms with van der Waals surface area (Å²) in [5, 5.41) is 0. The molecule has 1 N–H and O–H groups in total. The standard InChI is InChI=1S/C8H23N2Si3/c1-11(2)9-7-8-10(12(3)4)13(5)6/h9H,7-8H2,1-6H3. The molecular weight excluding hydrogens is 208 g/mol. The molecular formula is C8H23N2Si3. The van der Waals surface area contributed by atoms with Gasteiger partial charge in [-0.15, -0.1) is 0 Å². The van der Waals surface area contributed by atoms with Crippen LogP contribution in [0.25, 0.3) is 0 Å². The second kappa shape index (κ2) is 6.94. The molecule has 0 aromatic heterocycles. The van der Waals surface area contributed by atoms with Gasteiger partial charge in [-0.05, 0) is 6.54 Å². The molecule has 0 amide bonds. The fraction of sp³-hybridized carbons (Fsp3) is 1.00. The number of hydrogen-bond acceptors (Lipinski definition) is 2. The molecule has 2 nitrogen and oxygen atoms in total. The van der Waals surface area contributed by atoms with Crippen LogP contribution in [0.5, 0.6) is 0 Å². The van der Waals surface area contributed by atoms with Crippen LogP contribution in [0, 0.1) is 0 Å².